The van der Waals surface area contributed by atoms with Crippen LogP contribution >= 0.6 is 0 Å². The Morgan fingerprint density at radius 2 is 1.62 bits per heavy atom. The van der Waals surface area contributed by atoms with Crippen molar-refractivity contribution < 1.29 is 17.9 Å². The number of hydrogen-bond donors (Lipinski definition) is 0. The zero-order chi connectivity index (χ0) is 24.1. The Labute approximate surface area is 199 Å². The molecular formula is C30H29F3O. The fraction of sp³-hybridized carbons (Fsp3) is 0.267. The van der Waals surface area contributed by atoms with Crippen LogP contribution in [0.2, 0.25) is 0 Å². The summed E-state index contributed by atoms with van der Waals surface area (Å²) in [5, 5.41) is 0. The number of allylic oxidation sites excluding steroid dienone is 1. The van der Waals surface area contributed by atoms with Gasteiger partial charge < -0.3 is 4.74 Å². The fourth-order valence-corrected chi connectivity index (χ4v) is 4.64. The third-order valence-electron chi connectivity index (χ3n) is 6.62. The molecule has 0 spiro atoms. The first kappa shape index (κ1) is 23.9. The summed E-state index contributed by atoms with van der Waals surface area (Å²) in [5.41, 5.74) is 2.69. The molecule has 176 valence electrons. The Morgan fingerprint density at radius 1 is 0.882 bits per heavy atom. The predicted molar refractivity (Wildman–Crippen MR) is 133 cm³/mol. The molecule has 0 bridgehead atoms. The highest BCUT2D eigenvalue weighted by atomic mass is 19.2. The molecule has 0 N–H and O–H groups in total. The van der Waals surface area contributed by atoms with Crippen LogP contribution in [-0.4, -0.2) is 6.61 Å². The van der Waals surface area contributed by atoms with Crippen molar-refractivity contribution in [2.24, 2.45) is 5.92 Å². The van der Waals surface area contributed by atoms with Crippen LogP contribution in [0.3, 0.4) is 0 Å². The van der Waals surface area contributed by atoms with Crippen LogP contribution in [0.15, 0.2) is 67.3 Å². The summed E-state index contributed by atoms with van der Waals surface area (Å²) in [7, 11) is 0. The molecule has 0 saturated heterocycles. The summed E-state index contributed by atoms with van der Waals surface area (Å²) in [4.78, 5) is 0. The normalized spacial score (nSPS) is 18.2. The van der Waals surface area contributed by atoms with E-state index in [2.05, 4.69) is 6.58 Å². The Hall–Kier alpha value is -3.27. The van der Waals surface area contributed by atoms with Crippen LogP contribution in [0.5, 0.6) is 5.75 Å². The third kappa shape index (κ3) is 5.27. The summed E-state index contributed by atoms with van der Waals surface area (Å²) in [6, 6.07) is 15.4. The maximum absolute atomic E-state index is 14.8. The van der Waals surface area contributed by atoms with Crippen molar-refractivity contribution in [1.29, 1.82) is 0 Å². The summed E-state index contributed by atoms with van der Waals surface area (Å²) >= 11 is 0. The van der Waals surface area contributed by atoms with E-state index in [4.69, 9.17) is 4.74 Å². The molecule has 1 fully saturated rings. The Morgan fingerprint density at radius 3 is 2.26 bits per heavy atom. The van der Waals surface area contributed by atoms with Gasteiger partial charge in [-0.15, -0.1) is 6.58 Å². The number of ether oxygens (including phenoxy) is 1. The average molecular weight is 463 g/mol. The second-order valence-electron chi connectivity index (χ2n) is 8.75. The minimum absolute atomic E-state index is 0.0549. The van der Waals surface area contributed by atoms with Crippen molar-refractivity contribution in [3.63, 3.8) is 0 Å². The fourth-order valence-electron chi connectivity index (χ4n) is 4.64. The highest BCUT2D eigenvalue weighted by molar-refractivity contribution is 5.73. The van der Waals surface area contributed by atoms with E-state index in [9.17, 15) is 13.2 Å². The van der Waals surface area contributed by atoms with Crippen molar-refractivity contribution in [1.82, 2.24) is 0 Å². The third-order valence-corrected chi connectivity index (χ3v) is 6.62. The summed E-state index contributed by atoms with van der Waals surface area (Å²) in [6.07, 6.45) is 8.89. The molecule has 0 aliphatic heterocycles. The van der Waals surface area contributed by atoms with Gasteiger partial charge in [0.05, 0.1) is 6.61 Å². The van der Waals surface area contributed by atoms with Crippen LogP contribution in [0.4, 0.5) is 13.2 Å². The largest absolute Gasteiger partial charge is 0.494 e. The first-order chi connectivity index (χ1) is 16.5. The van der Waals surface area contributed by atoms with Crippen LogP contribution in [0.1, 0.15) is 55.2 Å². The van der Waals surface area contributed by atoms with Crippen molar-refractivity contribution in [3.05, 3.63) is 101 Å². The predicted octanol–water partition coefficient (Wildman–Crippen LogP) is 8.80. The van der Waals surface area contributed by atoms with Gasteiger partial charge in [0.1, 0.15) is 11.6 Å². The van der Waals surface area contributed by atoms with Gasteiger partial charge in [-0.1, -0.05) is 54.6 Å². The zero-order valence-electron chi connectivity index (χ0n) is 19.4. The van der Waals surface area contributed by atoms with Crippen molar-refractivity contribution in [3.8, 4) is 16.9 Å². The summed E-state index contributed by atoms with van der Waals surface area (Å²) in [5.74, 6) is -0.890. The topological polar surface area (TPSA) is 9.23 Å². The van der Waals surface area contributed by atoms with Crippen molar-refractivity contribution in [2.75, 3.05) is 6.61 Å². The minimum atomic E-state index is -0.812. The lowest BCUT2D eigenvalue weighted by atomic mass is 9.78. The molecule has 3 aromatic carbocycles. The Balaban J connectivity index is 1.47. The number of hydrogen-bond acceptors (Lipinski definition) is 1. The standard InChI is InChI=1S/C30H29F3O/c1-3-20-5-10-23(11-6-20)27-17-15-24(29(32)30(27)33)14-9-21-7-12-22(13-8-21)26-18-16-25(34-4-2)19-28(26)31/h3,7-9,12-20,23H,1,4-6,10-11H2,2H3. The van der Waals surface area contributed by atoms with E-state index in [-0.39, 0.29) is 17.3 Å². The highest BCUT2D eigenvalue weighted by Crippen LogP contribution is 2.38. The summed E-state index contributed by atoms with van der Waals surface area (Å²) in [6.45, 7) is 6.17. The quantitative estimate of drug-likeness (QED) is 0.252. The van der Waals surface area contributed by atoms with E-state index in [0.29, 0.717) is 29.4 Å². The van der Waals surface area contributed by atoms with Gasteiger partial charge in [-0.2, -0.15) is 0 Å². The van der Waals surface area contributed by atoms with Crippen molar-refractivity contribution in [2.45, 2.75) is 38.5 Å². The summed E-state index contributed by atoms with van der Waals surface area (Å²) < 4.78 is 49.4. The molecule has 0 aromatic heterocycles. The lowest BCUT2D eigenvalue weighted by Crippen LogP contribution is -2.13. The molecule has 1 saturated carbocycles. The molecule has 0 heterocycles. The SMILES string of the molecule is C=CC1CCC(c2ccc(C=Cc3ccc(-c4ccc(OCC)cc4F)cc3)c(F)c2F)CC1. The van der Waals surface area contributed by atoms with Gasteiger partial charge in [-0.25, -0.2) is 13.2 Å². The minimum Gasteiger partial charge on any atom is -0.494 e. The van der Waals surface area contributed by atoms with Gasteiger partial charge in [-0.3, -0.25) is 0 Å². The first-order valence-corrected chi connectivity index (χ1v) is 11.8. The molecule has 0 radical (unpaired) electrons. The second-order valence-corrected chi connectivity index (χ2v) is 8.75. The van der Waals surface area contributed by atoms with Gasteiger partial charge in [-0.05, 0) is 73.3 Å². The molecule has 1 nitrogen and oxygen atoms in total. The van der Waals surface area contributed by atoms with E-state index >= 15 is 0 Å². The Bertz CT molecular complexity index is 1170. The van der Waals surface area contributed by atoms with E-state index in [1.807, 2.05) is 25.1 Å². The molecule has 4 heteroatoms. The number of benzene rings is 3. The molecule has 0 amide bonds. The second kappa shape index (κ2) is 10.8. The molecule has 0 unspecified atom stereocenters. The maximum atomic E-state index is 14.8. The number of halogens is 3. The lowest BCUT2D eigenvalue weighted by Gasteiger charge is -2.27. The van der Waals surface area contributed by atoms with Gasteiger partial charge in [0.2, 0.25) is 0 Å². The number of rotatable bonds is 7. The van der Waals surface area contributed by atoms with Crippen LogP contribution in [0, 0.1) is 23.4 Å². The van der Waals surface area contributed by atoms with Gasteiger partial charge >= 0.3 is 0 Å². The van der Waals surface area contributed by atoms with E-state index < -0.39 is 11.6 Å². The molecule has 1 aliphatic carbocycles. The molecular weight excluding hydrogens is 433 g/mol. The van der Waals surface area contributed by atoms with E-state index in [1.54, 1.807) is 48.6 Å². The first-order valence-electron chi connectivity index (χ1n) is 11.8. The molecule has 34 heavy (non-hydrogen) atoms. The van der Waals surface area contributed by atoms with Crippen LogP contribution in [0.25, 0.3) is 23.3 Å². The monoisotopic (exact) mass is 462 g/mol. The lowest BCUT2D eigenvalue weighted by molar-refractivity contribution is 0.338. The average Bonchev–Trinajstić information content (AvgIpc) is 2.86. The van der Waals surface area contributed by atoms with E-state index in [1.165, 1.54) is 6.07 Å². The van der Waals surface area contributed by atoms with Gasteiger partial charge in [0.15, 0.2) is 11.6 Å². The molecule has 1 aliphatic rings. The van der Waals surface area contributed by atoms with Gasteiger partial charge in [0, 0.05) is 17.2 Å². The Kier molecular flexibility index (Phi) is 7.56. The smallest absolute Gasteiger partial charge is 0.166 e. The van der Waals surface area contributed by atoms with Crippen LogP contribution < -0.4 is 4.74 Å². The van der Waals surface area contributed by atoms with Crippen LogP contribution in [-0.2, 0) is 0 Å². The van der Waals surface area contributed by atoms with E-state index in [0.717, 1.165) is 36.8 Å². The maximum Gasteiger partial charge on any atom is 0.166 e. The zero-order valence-corrected chi connectivity index (χ0v) is 19.4. The molecule has 0 atom stereocenters. The van der Waals surface area contributed by atoms with Crippen molar-refractivity contribution >= 4 is 12.2 Å². The molecule has 4 rings (SSSR count). The molecule has 3 aromatic rings. The highest BCUT2D eigenvalue weighted by Gasteiger charge is 2.24. The van der Waals surface area contributed by atoms with Gasteiger partial charge in [0.25, 0.3) is 0 Å².